The van der Waals surface area contributed by atoms with Gasteiger partial charge in [-0.1, -0.05) is 47.6 Å². The van der Waals surface area contributed by atoms with Crippen LogP contribution in [0.3, 0.4) is 0 Å². The Kier molecular flexibility index (Phi) is 2.90. The third kappa shape index (κ3) is 2.57. The van der Waals surface area contributed by atoms with Crippen LogP contribution in [0.2, 0.25) is 0 Å². The van der Waals surface area contributed by atoms with Crippen LogP contribution in [-0.2, 0) is 6.42 Å². The van der Waals surface area contributed by atoms with Crippen molar-refractivity contribution in [1.29, 1.82) is 0 Å². The minimum Gasteiger partial charge on any atom is -0.202 e. The van der Waals surface area contributed by atoms with E-state index in [0.717, 1.165) is 22.8 Å². The van der Waals surface area contributed by atoms with Crippen molar-refractivity contribution in [2.75, 3.05) is 0 Å². The van der Waals surface area contributed by atoms with Gasteiger partial charge in [-0.2, -0.15) is 0 Å². The van der Waals surface area contributed by atoms with Gasteiger partial charge in [-0.15, -0.1) is 0 Å². The summed E-state index contributed by atoms with van der Waals surface area (Å²) >= 11 is 0. The maximum absolute atomic E-state index is 13.2. The lowest BCUT2D eigenvalue weighted by atomic mass is 9.91. The summed E-state index contributed by atoms with van der Waals surface area (Å²) in [5, 5.41) is 0. The van der Waals surface area contributed by atoms with Crippen molar-refractivity contribution >= 4 is 0 Å². The van der Waals surface area contributed by atoms with Crippen molar-refractivity contribution in [1.82, 2.24) is 0 Å². The van der Waals surface area contributed by atoms with E-state index in [-0.39, 0.29) is 6.42 Å². The summed E-state index contributed by atoms with van der Waals surface area (Å²) in [6, 6.07) is 9.73. The Morgan fingerprint density at radius 2 is 1.88 bits per heavy atom. The summed E-state index contributed by atoms with van der Waals surface area (Å²) in [6.45, 7) is 1.89. The zero-order valence-corrected chi connectivity index (χ0v) is 9.21. The Labute approximate surface area is 94.3 Å². The number of halogens is 2. The molecule has 2 heteroatoms. The summed E-state index contributed by atoms with van der Waals surface area (Å²) in [7, 11) is 0. The summed E-state index contributed by atoms with van der Waals surface area (Å²) < 4.78 is 26.4. The molecule has 0 aliphatic heterocycles. The molecule has 0 nitrogen and oxygen atoms in total. The predicted molar refractivity (Wildman–Crippen MR) is 61.6 cm³/mol. The van der Waals surface area contributed by atoms with E-state index in [9.17, 15) is 8.78 Å². The van der Waals surface area contributed by atoms with Crippen LogP contribution in [-0.4, -0.2) is 5.92 Å². The van der Waals surface area contributed by atoms with Crippen molar-refractivity contribution in [3.63, 3.8) is 0 Å². The fourth-order valence-corrected chi connectivity index (χ4v) is 1.89. The van der Waals surface area contributed by atoms with Crippen LogP contribution in [0.1, 0.15) is 18.9 Å². The fraction of sp³-hybridized carbons (Fsp3) is 0.286. The molecule has 0 radical (unpaired) electrons. The van der Waals surface area contributed by atoms with Gasteiger partial charge in [-0.3, -0.25) is 0 Å². The van der Waals surface area contributed by atoms with Crippen molar-refractivity contribution in [2.24, 2.45) is 0 Å². The van der Waals surface area contributed by atoms with Crippen molar-refractivity contribution in [3.05, 3.63) is 59.2 Å². The van der Waals surface area contributed by atoms with Gasteiger partial charge in [0.05, 0.1) is 0 Å². The molecule has 1 aromatic carbocycles. The third-order valence-corrected chi connectivity index (χ3v) is 2.84. The SMILES string of the molecule is CC1=C(Cc2ccccc2)CC(F)(F)C=C1. The fourth-order valence-electron chi connectivity index (χ4n) is 1.89. The van der Waals surface area contributed by atoms with Crippen LogP contribution in [0.25, 0.3) is 0 Å². The molecule has 1 aromatic rings. The predicted octanol–water partition coefficient (Wildman–Crippen LogP) is 4.14. The van der Waals surface area contributed by atoms with Gasteiger partial charge >= 0.3 is 0 Å². The van der Waals surface area contributed by atoms with Crippen LogP contribution in [0, 0.1) is 0 Å². The molecule has 1 aliphatic rings. The van der Waals surface area contributed by atoms with E-state index in [1.54, 1.807) is 0 Å². The molecule has 16 heavy (non-hydrogen) atoms. The lowest BCUT2D eigenvalue weighted by molar-refractivity contribution is 0.0533. The highest BCUT2D eigenvalue weighted by Crippen LogP contribution is 2.33. The maximum atomic E-state index is 13.2. The number of allylic oxidation sites excluding steroid dienone is 4. The Morgan fingerprint density at radius 3 is 2.56 bits per heavy atom. The Bertz CT molecular complexity index is 427. The first-order chi connectivity index (χ1) is 7.57. The zero-order chi connectivity index (χ0) is 11.6. The van der Waals surface area contributed by atoms with Gasteiger partial charge < -0.3 is 0 Å². The summed E-state index contributed by atoms with van der Waals surface area (Å²) in [6.07, 6.45) is 3.00. The van der Waals surface area contributed by atoms with Crippen molar-refractivity contribution in [3.8, 4) is 0 Å². The standard InChI is InChI=1S/C14H14F2/c1-11-7-8-14(15,16)10-13(11)9-12-5-3-2-4-6-12/h2-8H,9-10H2,1H3. The molecule has 0 bridgehead atoms. The lowest BCUT2D eigenvalue weighted by Crippen LogP contribution is -2.17. The molecule has 0 unspecified atom stereocenters. The van der Waals surface area contributed by atoms with Gasteiger partial charge in [-0.25, -0.2) is 8.78 Å². The van der Waals surface area contributed by atoms with Crippen LogP contribution >= 0.6 is 0 Å². The second-order valence-corrected chi connectivity index (χ2v) is 4.22. The van der Waals surface area contributed by atoms with Crippen molar-refractivity contribution in [2.45, 2.75) is 25.7 Å². The molecule has 0 N–H and O–H groups in total. The van der Waals surface area contributed by atoms with Crippen LogP contribution < -0.4 is 0 Å². The van der Waals surface area contributed by atoms with Gasteiger partial charge in [0.25, 0.3) is 5.92 Å². The van der Waals surface area contributed by atoms with Gasteiger partial charge in [-0.05, 0) is 25.0 Å². The first-order valence-corrected chi connectivity index (χ1v) is 5.36. The van der Waals surface area contributed by atoms with Gasteiger partial charge in [0.2, 0.25) is 0 Å². The minimum absolute atomic E-state index is 0.149. The Balaban J connectivity index is 2.19. The van der Waals surface area contributed by atoms with E-state index >= 15 is 0 Å². The van der Waals surface area contributed by atoms with Crippen LogP contribution in [0.5, 0.6) is 0 Å². The normalized spacial score (nSPS) is 18.9. The average Bonchev–Trinajstić information content (AvgIpc) is 2.25. The second-order valence-electron chi connectivity index (χ2n) is 4.22. The lowest BCUT2D eigenvalue weighted by Gasteiger charge is -2.20. The number of benzene rings is 1. The monoisotopic (exact) mass is 220 g/mol. The smallest absolute Gasteiger partial charge is 0.202 e. The van der Waals surface area contributed by atoms with E-state index in [0.29, 0.717) is 6.42 Å². The largest absolute Gasteiger partial charge is 0.270 e. The highest BCUT2D eigenvalue weighted by molar-refractivity contribution is 5.35. The summed E-state index contributed by atoms with van der Waals surface area (Å²) in [5.74, 6) is -2.68. The Morgan fingerprint density at radius 1 is 1.19 bits per heavy atom. The molecule has 0 saturated carbocycles. The summed E-state index contributed by atoms with van der Waals surface area (Å²) in [4.78, 5) is 0. The average molecular weight is 220 g/mol. The topological polar surface area (TPSA) is 0 Å². The molecule has 84 valence electrons. The van der Waals surface area contributed by atoms with E-state index in [2.05, 4.69) is 0 Å². The Hall–Kier alpha value is -1.44. The van der Waals surface area contributed by atoms with Gasteiger partial charge in [0.1, 0.15) is 0 Å². The highest BCUT2D eigenvalue weighted by Gasteiger charge is 2.29. The number of alkyl halides is 2. The molecule has 0 fully saturated rings. The van der Waals surface area contributed by atoms with E-state index in [4.69, 9.17) is 0 Å². The first-order valence-electron chi connectivity index (χ1n) is 5.36. The molecule has 0 spiro atoms. The minimum atomic E-state index is -2.68. The molecule has 0 heterocycles. The number of hydrogen-bond acceptors (Lipinski definition) is 0. The molecule has 0 saturated heterocycles. The van der Waals surface area contributed by atoms with Crippen LogP contribution in [0.4, 0.5) is 8.78 Å². The van der Waals surface area contributed by atoms with Crippen LogP contribution in [0.15, 0.2) is 53.6 Å². The molecular weight excluding hydrogens is 206 g/mol. The van der Waals surface area contributed by atoms with E-state index in [1.165, 1.54) is 6.08 Å². The van der Waals surface area contributed by atoms with Gasteiger partial charge in [0.15, 0.2) is 0 Å². The summed E-state index contributed by atoms with van der Waals surface area (Å²) in [5.41, 5.74) is 2.89. The number of hydrogen-bond donors (Lipinski definition) is 0. The maximum Gasteiger partial charge on any atom is 0.270 e. The highest BCUT2D eigenvalue weighted by atomic mass is 19.3. The molecule has 0 aromatic heterocycles. The molecular formula is C14H14F2. The van der Waals surface area contributed by atoms with E-state index < -0.39 is 5.92 Å². The molecule has 2 rings (SSSR count). The second kappa shape index (κ2) is 4.20. The quantitative estimate of drug-likeness (QED) is 0.702. The first kappa shape index (κ1) is 11.1. The molecule has 1 aliphatic carbocycles. The zero-order valence-electron chi connectivity index (χ0n) is 9.21. The third-order valence-electron chi connectivity index (χ3n) is 2.84. The number of rotatable bonds is 2. The van der Waals surface area contributed by atoms with E-state index in [1.807, 2.05) is 37.3 Å². The molecule has 0 amide bonds. The van der Waals surface area contributed by atoms with Crippen molar-refractivity contribution < 1.29 is 8.78 Å². The molecule has 0 atom stereocenters. The van der Waals surface area contributed by atoms with Gasteiger partial charge in [0, 0.05) is 6.42 Å².